The number of hydrogen-bond acceptors (Lipinski definition) is 6. The van der Waals surface area contributed by atoms with Crippen LogP contribution < -0.4 is 14.4 Å². The van der Waals surface area contributed by atoms with Crippen LogP contribution in [0, 0.1) is 6.92 Å². The number of hydrogen-bond donors (Lipinski definition) is 0. The van der Waals surface area contributed by atoms with Gasteiger partial charge in [0.05, 0.1) is 5.69 Å². The number of carbonyl (C=O) groups is 1. The molecule has 0 unspecified atom stereocenters. The highest BCUT2D eigenvalue weighted by Crippen LogP contribution is 2.41. The van der Waals surface area contributed by atoms with Gasteiger partial charge < -0.3 is 9.47 Å². The average molecular weight is 395 g/mol. The van der Waals surface area contributed by atoms with Gasteiger partial charge >= 0.3 is 0 Å². The molecule has 0 N–H and O–H groups in total. The molecule has 0 bridgehead atoms. The molecule has 1 aliphatic rings. The van der Waals surface area contributed by atoms with E-state index in [9.17, 15) is 4.79 Å². The van der Waals surface area contributed by atoms with Crippen LogP contribution in [0.2, 0.25) is 0 Å². The Labute approximate surface area is 167 Å². The number of amides is 1. The number of pyridine rings is 1. The Hall–Kier alpha value is -2.93. The number of aryl methyl sites for hydroxylation is 1. The third-order valence-electron chi connectivity index (χ3n) is 4.33. The van der Waals surface area contributed by atoms with Gasteiger partial charge in [0, 0.05) is 23.6 Å². The molecule has 0 spiro atoms. The lowest BCUT2D eigenvalue weighted by atomic mass is 10.0. The second kappa shape index (κ2) is 7.24. The van der Waals surface area contributed by atoms with Crippen molar-refractivity contribution >= 4 is 28.2 Å². The van der Waals surface area contributed by atoms with E-state index in [1.165, 1.54) is 16.2 Å². The molecule has 28 heavy (non-hydrogen) atoms. The molecule has 3 heterocycles. The number of carbonyl (C=O) groups excluding carboxylic acids is 1. The molecule has 2 aromatic heterocycles. The minimum absolute atomic E-state index is 0.143. The number of rotatable bonds is 5. The van der Waals surface area contributed by atoms with Crippen molar-refractivity contribution in [2.24, 2.45) is 0 Å². The second-order valence-electron chi connectivity index (χ2n) is 7.26. The van der Waals surface area contributed by atoms with Gasteiger partial charge in [0.15, 0.2) is 23.2 Å². The third kappa shape index (κ3) is 3.71. The number of benzene rings is 1. The molecular weight excluding hydrogens is 374 g/mol. The number of aromatic nitrogens is 2. The molecule has 0 saturated heterocycles. The fourth-order valence-corrected chi connectivity index (χ4v) is 3.99. The lowest BCUT2D eigenvalue weighted by Crippen LogP contribution is -2.31. The van der Waals surface area contributed by atoms with E-state index < -0.39 is 0 Å². The summed E-state index contributed by atoms with van der Waals surface area (Å²) >= 11 is 1.40. The standard InChI is InChI=1S/C21H21N3O3S/c1-14-13-28-20(23-14)24(17-9-4-5-10-22-17)18(25)12-26-16-8-6-7-15-11-21(2,3)27-19(15)16/h4-10,13H,11-12H2,1-3H3. The highest BCUT2D eigenvalue weighted by Gasteiger charge is 2.32. The Balaban J connectivity index is 1.56. The zero-order chi connectivity index (χ0) is 19.7. The lowest BCUT2D eigenvalue weighted by Gasteiger charge is -2.20. The molecule has 1 aromatic carbocycles. The minimum Gasteiger partial charge on any atom is -0.483 e. The predicted octanol–water partition coefficient (Wildman–Crippen LogP) is 4.30. The fourth-order valence-electron chi connectivity index (χ4n) is 3.17. The minimum atomic E-state index is -0.274. The average Bonchev–Trinajstić information content (AvgIpc) is 3.22. The van der Waals surface area contributed by atoms with Gasteiger partial charge in [0.2, 0.25) is 0 Å². The van der Waals surface area contributed by atoms with Crippen LogP contribution in [0.3, 0.4) is 0 Å². The molecule has 0 atom stereocenters. The molecule has 1 aliphatic heterocycles. The van der Waals surface area contributed by atoms with E-state index >= 15 is 0 Å². The van der Waals surface area contributed by atoms with E-state index in [-0.39, 0.29) is 18.1 Å². The molecule has 0 saturated carbocycles. The van der Waals surface area contributed by atoms with E-state index in [2.05, 4.69) is 9.97 Å². The van der Waals surface area contributed by atoms with Crippen LogP contribution in [0.15, 0.2) is 48.0 Å². The third-order valence-corrected chi connectivity index (χ3v) is 5.28. The Morgan fingerprint density at radius 3 is 2.86 bits per heavy atom. The van der Waals surface area contributed by atoms with Crippen molar-refractivity contribution in [3.05, 3.63) is 59.2 Å². The highest BCUT2D eigenvalue weighted by molar-refractivity contribution is 7.14. The number of thiazole rings is 1. The lowest BCUT2D eigenvalue weighted by molar-refractivity contribution is -0.119. The molecule has 144 valence electrons. The van der Waals surface area contributed by atoms with Gasteiger partial charge in [-0.25, -0.2) is 14.9 Å². The number of ether oxygens (including phenoxy) is 2. The summed E-state index contributed by atoms with van der Waals surface area (Å²) in [6, 6.07) is 11.2. The van der Waals surface area contributed by atoms with Gasteiger partial charge in [-0.05, 0) is 39.0 Å². The Morgan fingerprint density at radius 2 is 2.14 bits per heavy atom. The van der Waals surface area contributed by atoms with Gasteiger partial charge in [-0.1, -0.05) is 18.2 Å². The maximum Gasteiger partial charge on any atom is 0.272 e. The van der Waals surface area contributed by atoms with Crippen molar-refractivity contribution in [2.75, 3.05) is 11.5 Å². The zero-order valence-corrected chi connectivity index (χ0v) is 16.8. The van der Waals surface area contributed by atoms with Gasteiger partial charge in [-0.15, -0.1) is 11.3 Å². The Kier molecular flexibility index (Phi) is 4.77. The van der Waals surface area contributed by atoms with Crippen LogP contribution in [0.1, 0.15) is 25.1 Å². The summed E-state index contributed by atoms with van der Waals surface area (Å²) in [7, 11) is 0. The Bertz CT molecular complexity index is 1000. The normalized spacial score (nSPS) is 14.2. The molecular formula is C21H21N3O3S. The zero-order valence-electron chi connectivity index (χ0n) is 16.0. The first-order chi connectivity index (χ1) is 13.4. The van der Waals surface area contributed by atoms with Crippen LogP contribution in [-0.2, 0) is 11.2 Å². The first-order valence-electron chi connectivity index (χ1n) is 9.03. The predicted molar refractivity (Wildman–Crippen MR) is 109 cm³/mol. The molecule has 3 aromatic rings. The van der Waals surface area contributed by atoms with Gasteiger partial charge in [-0.3, -0.25) is 4.79 Å². The van der Waals surface area contributed by atoms with E-state index in [1.54, 1.807) is 12.3 Å². The van der Waals surface area contributed by atoms with Gasteiger partial charge in [0.25, 0.3) is 5.91 Å². The highest BCUT2D eigenvalue weighted by atomic mass is 32.1. The monoisotopic (exact) mass is 395 g/mol. The summed E-state index contributed by atoms with van der Waals surface area (Å²) in [5.41, 5.74) is 1.67. The first kappa shape index (κ1) is 18.4. The van der Waals surface area contributed by atoms with Crippen LogP contribution in [0.5, 0.6) is 11.5 Å². The number of anilines is 2. The quantitative estimate of drug-likeness (QED) is 0.644. The maximum absolute atomic E-state index is 13.0. The molecule has 4 rings (SSSR count). The molecule has 0 radical (unpaired) electrons. The molecule has 0 aliphatic carbocycles. The molecule has 7 heteroatoms. The SMILES string of the molecule is Cc1csc(N(C(=O)COc2cccc3c2OC(C)(C)C3)c2ccccn2)n1. The second-order valence-corrected chi connectivity index (χ2v) is 8.10. The summed E-state index contributed by atoms with van der Waals surface area (Å²) < 4.78 is 11.9. The number of fused-ring (bicyclic) bond motifs is 1. The summed E-state index contributed by atoms with van der Waals surface area (Å²) in [6.45, 7) is 5.82. The molecule has 6 nitrogen and oxygen atoms in total. The summed E-state index contributed by atoms with van der Waals surface area (Å²) in [6.07, 6.45) is 2.46. The fraction of sp³-hybridized carbons (Fsp3) is 0.286. The number of nitrogens with zero attached hydrogens (tertiary/aromatic N) is 3. The maximum atomic E-state index is 13.0. The van der Waals surface area contributed by atoms with Crippen LogP contribution >= 0.6 is 11.3 Å². The van der Waals surface area contributed by atoms with Crippen molar-refractivity contribution in [3.8, 4) is 11.5 Å². The van der Waals surface area contributed by atoms with Crippen molar-refractivity contribution in [1.29, 1.82) is 0 Å². The van der Waals surface area contributed by atoms with Crippen molar-refractivity contribution in [1.82, 2.24) is 9.97 Å². The summed E-state index contributed by atoms with van der Waals surface area (Å²) in [5, 5.41) is 2.47. The van der Waals surface area contributed by atoms with Crippen molar-refractivity contribution < 1.29 is 14.3 Å². The van der Waals surface area contributed by atoms with Crippen LogP contribution in [0.25, 0.3) is 0 Å². The van der Waals surface area contributed by atoms with Crippen LogP contribution in [0.4, 0.5) is 10.9 Å². The largest absolute Gasteiger partial charge is 0.483 e. The number of para-hydroxylation sites is 1. The van der Waals surface area contributed by atoms with Gasteiger partial charge in [-0.2, -0.15) is 0 Å². The van der Waals surface area contributed by atoms with Crippen LogP contribution in [-0.4, -0.2) is 28.1 Å². The van der Waals surface area contributed by atoms with E-state index in [0.717, 1.165) is 23.4 Å². The van der Waals surface area contributed by atoms with Gasteiger partial charge in [0.1, 0.15) is 11.4 Å². The Morgan fingerprint density at radius 1 is 1.29 bits per heavy atom. The van der Waals surface area contributed by atoms with Crippen molar-refractivity contribution in [3.63, 3.8) is 0 Å². The topological polar surface area (TPSA) is 64.6 Å². The first-order valence-corrected chi connectivity index (χ1v) is 9.91. The smallest absolute Gasteiger partial charge is 0.272 e. The summed E-state index contributed by atoms with van der Waals surface area (Å²) in [4.78, 5) is 23.3. The van der Waals surface area contributed by atoms with E-state index in [0.29, 0.717) is 16.7 Å². The van der Waals surface area contributed by atoms with E-state index in [1.807, 2.05) is 56.5 Å². The molecule has 1 amide bonds. The summed E-state index contributed by atoms with van der Waals surface area (Å²) in [5.74, 6) is 1.56. The van der Waals surface area contributed by atoms with Crippen molar-refractivity contribution in [2.45, 2.75) is 32.8 Å². The van der Waals surface area contributed by atoms with E-state index in [4.69, 9.17) is 9.47 Å². The molecule has 0 fully saturated rings.